The fourth-order valence-electron chi connectivity index (χ4n) is 2.97. The van der Waals surface area contributed by atoms with E-state index in [4.69, 9.17) is 11.6 Å². The third kappa shape index (κ3) is 3.69. The molecular formula is C18H21ClN4O2. The number of aryl methyl sites for hydroxylation is 1. The van der Waals surface area contributed by atoms with Crippen LogP contribution in [0.15, 0.2) is 24.3 Å². The van der Waals surface area contributed by atoms with Crippen LogP contribution in [-0.4, -0.2) is 58.0 Å². The number of carbonyl (C=O) groups excluding carboxylic acids is 2. The molecule has 2 amide bonds. The van der Waals surface area contributed by atoms with Gasteiger partial charge in [0, 0.05) is 48.0 Å². The minimum absolute atomic E-state index is 0.0522. The van der Waals surface area contributed by atoms with Gasteiger partial charge in [-0.05, 0) is 38.5 Å². The molecule has 0 bridgehead atoms. The topological polar surface area (TPSA) is 69.3 Å². The quantitative estimate of drug-likeness (QED) is 0.895. The molecule has 3 rings (SSSR count). The Morgan fingerprint density at radius 2 is 1.76 bits per heavy atom. The highest BCUT2D eigenvalue weighted by Crippen LogP contribution is 2.16. The molecule has 0 aliphatic carbocycles. The monoisotopic (exact) mass is 360 g/mol. The van der Waals surface area contributed by atoms with E-state index < -0.39 is 0 Å². The molecule has 1 aromatic heterocycles. The van der Waals surface area contributed by atoms with E-state index in [9.17, 15) is 9.59 Å². The van der Waals surface area contributed by atoms with E-state index in [1.807, 2.05) is 13.8 Å². The summed E-state index contributed by atoms with van der Waals surface area (Å²) in [5.74, 6) is -0.137. The van der Waals surface area contributed by atoms with E-state index in [2.05, 4.69) is 10.2 Å². The van der Waals surface area contributed by atoms with Gasteiger partial charge in [0.15, 0.2) is 5.69 Å². The predicted octanol–water partition coefficient (Wildman–Crippen LogP) is 2.67. The van der Waals surface area contributed by atoms with Gasteiger partial charge in [-0.2, -0.15) is 5.10 Å². The van der Waals surface area contributed by atoms with Gasteiger partial charge in [0.05, 0.1) is 0 Å². The largest absolute Gasteiger partial charge is 0.337 e. The number of carbonyl (C=O) groups is 2. The highest BCUT2D eigenvalue weighted by Gasteiger charge is 2.26. The Morgan fingerprint density at radius 1 is 1.08 bits per heavy atom. The van der Waals surface area contributed by atoms with Crippen LogP contribution in [0.2, 0.25) is 5.02 Å². The zero-order chi connectivity index (χ0) is 18.0. The van der Waals surface area contributed by atoms with Crippen molar-refractivity contribution in [2.75, 3.05) is 26.2 Å². The van der Waals surface area contributed by atoms with Crippen molar-refractivity contribution in [2.24, 2.45) is 0 Å². The zero-order valence-corrected chi connectivity index (χ0v) is 15.1. The Morgan fingerprint density at radius 3 is 2.36 bits per heavy atom. The molecular weight excluding hydrogens is 340 g/mol. The zero-order valence-electron chi connectivity index (χ0n) is 14.4. The summed E-state index contributed by atoms with van der Waals surface area (Å²) in [6, 6.07) is 6.95. The summed E-state index contributed by atoms with van der Waals surface area (Å²) in [6.07, 6.45) is 0.737. The van der Waals surface area contributed by atoms with Crippen LogP contribution < -0.4 is 0 Å². The molecule has 1 aliphatic heterocycles. The van der Waals surface area contributed by atoms with Crippen molar-refractivity contribution in [3.63, 3.8) is 0 Å². The molecule has 0 spiro atoms. The van der Waals surface area contributed by atoms with Crippen molar-refractivity contribution in [1.82, 2.24) is 20.0 Å². The lowest BCUT2D eigenvalue weighted by molar-refractivity contribution is 0.0715. The number of hydrogen-bond donors (Lipinski definition) is 1. The number of H-pyrrole nitrogens is 1. The molecule has 1 saturated heterocycles. The molecule has 0 saturated carbocycles. The Bertz CT molecular complexity index is 802. The molecule has 6 nitrogen and oxygen atoms in total. The first-order valence-electron chi connectivity index (χ1n) is 8.33. The number of aromatic nitrogens is 2. The normalized spacial score (nSPS) is 15.2. The number of halogens is 1. The molecule has 1 aliphatic rings. The lowest BCUT2D eigenvalue weighted by atomic mass is 10.2. The van der Waals surface area contributed by atoms with Crippen LogP contribution in [0.3, 0.4) is 0 Å². The van der Waals surface area contributed by atoms with Gasteiger partial charge in [0.25, 0.3) is 11.8 Å². The van der Waals surface area contributed by atoms with Gasteiger partial charge in [-0.25, -0.2) is 0 Å². The molecule has 132 valence electrons. The van der Waals surface area contributed by atoms with E-state index in [1.165, 1.54) is 0 Å². The highest BCUT2D eigenvalue weighted by atomic mass is 35.5. The number of nitrogens with one attached hydrogen (secondary N) is 1. The van der Waals surface area contributed by atoms with Crippen LogP contribution in [0.1, 0.15) is 38.5 Å². The van der Waals surface area contributed by atoms with Crippen molar-refractivity contribution in [3.05, 3.63) is 51.8 Å². The van der Waals surface area contributed by atoms with Crippen LogP contribution >= 0.6 is 11.6 Å². The van der Waals surface area contributed by atoms with Gasteiger partial charge >= 0.3 is 0 Å². The Balaban J connectivity index is 1.69. The first kappa shape index (κ1) is 17.5. The van der Waals surface area contributed by atoms with Gasteiger partial charge in [0.1, 0.15) is 0 Å². The lowest BCUT2D eigenvalue weighted by Gasteiger charge is -2.22. The van der Waals surface area contributed by atoms with E-state index in [1.54, 1.807) is 34.1 Å². The van der Waals surface area contributed by atoms with Crippen molar-refractivity contribution >= 4 is 23.4 Å². The van der Waals surface area contributed by atoms with E-state index >= 15 is 0 Å². The van der Waals surface area contributed by atoms with Gasteiger partial charge in [-0.1, -0.05) is 17.7 Å². The van der Waals surface area contributed by atoms with Crippen molar-refractivity contribution in [1.29, 1.82) is 0 Å². The van der Waals surface area contributed by atoms with Crippen LogP contribution in [0.25, 0.3) is 0 Å². The van der Waals surface area contributed by atoms with Crippen molar-refractivity contribution in [2.45, 2.75) is 20.3 Å². The van der Waals surface area contributed by atoms with Crippen LogP contribution in [0, 0.1) is 13.8 Å². The summed E-state index contributed by atoms with van der Waals surface area (Å²) in [5, 5.41) is 7.52. The first-order valence-corrected chi connectivity index (χ1v) is 8.71. The standard InChI is InChI=1S/C18H21ClN4O2/c1-12-13(2)20-21-16(12)18(25)23-8-4-7-22(9-10-23)17(24)14-5-3-6-15(19)11-14/h3,5-6,11H,4,7-10H2,1-2H3,(H,20,21). The van der Waals surface area contributed by atoms with Gasteiger partial charge in [0.2, 0.25) is 0 Å². The second kappa shape index (κ2) is 7.27. The maximum atomic E-state index is 12.7. The molecule has 25 heavy (non-hydrogen) atoms. The lowest BCUT2D eigenvalue weighted by Crippen LogP contribution is -2.37. The van der Waals surface area contributed by atoms with Crippen LogP contribution in [0.4, 0.5) is 0 Å². The van der Waals surface area contributed by atoms with Gasteiger partial charge < -0.3 is 9.80 Å². The molecule has 0 unspecified atom stereocenters. The van der Waals surface area contributed by atoms with Crippen molar-refractivity contribution < 1.29 is 9.59 Å². The Hall–Kier alpha value is -2.34. The number of amides is 2. The summed E-state index contributed by atoms with van der Waals surface area (Å²) in [6.45, 7) is 6.01. The second-order valence-electron chi connectivity index (χ2n) is 6.27. The van der Waals surface area contributed by atoms with Crippen LogP contribution in [-0.2, 0) is 0 Å². The molecule has 1 N–H and O–H groups in total. The average Bonchev–Trinajstić information content (AvgIpc) is 2.81. The maximum Gasteiger partial charge on any atom is 0.274 e. The Labute approximate surface area is 151 Å². The number of nitrogens with zero attached hydrogens (tertiary/aromatic N) is 3. The fourth-order valence-corrected chi connectivity index (χ4v) is 3.16. The summed E-state index contributed by atoms with van der Waals surface area (Å²) in [5.41, 5.74) is 2.82. The van der Waals surface area contributed by atoms with Crippen LogP contribution in [0.5, 0.6) is 0 Å². The molecule has 2 aromatic rings. The molecule has 1 fully saturated rings. The molecule has 1 aromatic carbocycles. The highest BCUT2D eigenvalue weighted by molar-refractivity contribution is 6.30. The van der Waals surface area contributed by atoms with Crippen molar-refractivity contribution in [3.8, 4) is 0 Å². The number of aromatic amines is 1. The number of rotatable bonds is 2. The van der Waals surface area contributed by atoms with E-state index in [-0.39, 0.29) is 11.8 Å². The molecule has 2 heterocycles. The molecule has 0 atom stereocenters. The third-order valence-electron chi connectivity index (χ3n) is 4.60. The van der Waals surface area contributed by atoms with E-state index in [0.29, 0.717) is 42.5 Å². The van der Waals surface area contributed by atoms with E-state index in [0.717, 1.165) is 17.7 Å². The second-order valence-corrected chi connectivity index (χ2v) is 6.71. The summed E-state index contributed by atoms with van der Waals surface area (Å²) >= 11 is 5.98. The predicted molar refractivity (Wildman–Crippen MR) is 95.9 cm³/mol. The maximum absolute atomic E-state index is 12.7. The molecule has 0 radical (unpaired) electrons. The minimum atomic E-state index is -0.0843. The van der Waals surface area contributed by atoms with Gasteiger partial charge in [-0.3, -0.25) is 14.7 Å². The smallest absolute Gasteiger partial charge is 0.274 e. The summed E-state index contributed by atoms with van der Waals surface area (Å²) in [7, 11) is 0. The first-order chi connectivity index (χ1) is 12.0. The number of hydrogen-bond acceptors (Lipinski definition) is 3. The third-order valence-corrected chi connectivity index (χ3v) is 4.83. The number of benzene rings is 1. The van der Waals surface area contributed by atoms with Gasteiger partial charge in [-0.15, -0.1) is 0 Å². The average molecular weight is 361 g/mol. The summed E-state index contributed by atoms with van der Waals surface area (Å²) < 4.78 is 0. The molecule has 7 heteroatoms. The fraction of sp³-hybridized carbons (Fsp3) is 0.389. The Kier molecular flexibility index (Phi) is 5.08. The SMILES string of the molecule is Cc1[nH]nc(C(=O)N2CCCN(C(=O)c3cccc(Cl)c3)CC2)c1C. The summed E-state index contributed by atoms with van der Waals surface area (Å²) in [4.78, 5) is 28.9. The minimum Gasteiger partial charge on any atom is -0.337 e.